The molecule has 1 aliphatic heterocycles. The van der Waals surface area contributed by atoms with E-state index in [0.29, 0.717) is 5.54 Å². The lowest BCUT2D eigenvalue weighted by molar-refractivity contribution is 0.0484. The van der Waals surface area contributed by atoms with Crippen molar-refractivity contribution >= 4 is 0 Å². The van der Waals surface area contributed by atoms with Gasteiger partial charge in [-0.1, -0.05) is 6.42 Å². The normalized spacial score (nSPS) is 26.3. The molecular weight excluding hydrogens is 160 g/mol. The van der Waals surface area contributed by atoms with Crippen LogP contribution in [-0.4, -0.2) is 29.6 Å². The minimum Gasteiger partial charge on any atom is -0.330 e. The average molecular weight is 184 g/mol. The van der Waals surface area contributed by atoms with Crippen molar-refractivity contribution in [2.75, 3.05) is 13.1 Å². The Labute approximate surface area is 82.5 Å². The number of piperidine rings is 1. The maximum atomic E-state index is 5.64. The zero-order chi connectivity index (χ0) is 9.90. The van der Waals surface area contributed by atoms with E-state index < -0.39 is 0 Å². The Morgan fingerprint density at radius 3 is 2.54 bits per heavy atom. The number of hydrogen-bond acceptors (Lipinski definition) is 2. The first-order valence-corrected chi connectivity index (χ1v) is 5.52. The molecule has 0 bridgehead atoms. The van der Waals surface area contributed by atoms with Crippen molar-refractivity contribution in [3.8, 4) is 0 Å². The maximum Gasteiger partial charge on any atom is 0.0127 e. The van der Waals surface area contributed by atoms with Crippen LogP contribution in [0.4, 0.5) is 0 Å². The van der Waals surface area contributed by atoms with E-state index in [9.17, 15) is 0 Å². The van der Waals surface area contributed by atoms with Gasteiger partial charge in [0.1, 0.15) is 0 Å². The molecule has 1 rings (SSSR count). The lowest BCUT2D eigenvalue weighted by atomic mass is 9.93. The second kappa shape index (κ2) is 4.43. The van der Waals surface area contributed by atoms with E-state index in [1.165, 1.54) is 25.8 Å². The summed E-state index contributed by atoms with van der Waals surface area (Å²) in [6.45, 7) is 9.01. The first-order valence-electron chi connectivity index (χ1n) is 5.52. The molecule has 0 saturated carbocycles. The minimum absolute atomic E-state index is 0.320. The molecule has 1 heterocycles. The van der Waals surface area contributed by atoms with E-state index in [2.05, 4.69) is 25.7 Å². The highest BCUT2D eigenvalue weighted by Crippen LogP contribution is 2.26. The van der Waals surface area contributed by atoms with Crippen LogP contribution < -0.4 is 5.73 Å². The summed E-state index contributed by atoms with van der Waals surface area (Å²) in [4.78, 5) is 2.63. The Balaban J connectivity index is 2.56. The fourth-order valence-corrected chi connectivity index (χ4v) is 2.38. The van der Waals surface area contributed by atoms with Gasteiger partial charge in [-0.25, -0.2) is 0 Å². The molecule has 78 valence electrons. The van der Waals surface area contributed by atoms with E-state index in [0.717, 1.165) is 19.0 Å². The molecule has 1 unspecified atom stereocenters. The number of nitrogens with two attached hydrogens (primary N) is 1. The summed E-state index contributed by atoms with van der Waals surface area (Å²) in [6.07, 6.45) is 5.25. The third-order valence-electron chi connectivity index (χ3n) is 2.99. The first kappa shape index (κ1) is 11.0. The Morgan fingerprint density at radius 2 is 2.00 bits per heavy atom. The van der Waals surface area contributed by atoms with Gasteiger partial charge in [0.25, 0.3) is 0 Å². The molecule has 1 atom stereocenters. The van der Waals surface area contributed by atoms with E-state index in [4.69, 9.17) is 5.73 Å². The van der Waals surface area contributed by atoms with Crippen molar-refractivity contribution in [3.05, 3.63) is 0 Å². The molecule has 2 heteroatoms. The van der Waals surface area contributed by atoms with Gasteiger partial charge in [-0.3, -0.25) is 4.90 Å². The number of rotatable bonds is 2. The van der Waals surface area contributed by atoms with Crippen LogP contribution >= 0.6 is 0 Å². The molecule has 0 amide bonds. The van der Waals surface area contributed by atoms with Crippen molar-refractivity contribution in [2.45, 2.75) is 58.0 Å². The van der Waals surface area contributed by atoms with Gasteiger partial charge in [-0.2, -0.15) is 0 Å². The highest BCUT2D eigenvalue weighted by Gasteiger charge is 2.29. The van der Waals surface area contributed by atoms with Crippen LogP contribution in [0.3, 0.4) is 0 Å². The Hall–Kier alpha value is -0.0800. The van der Waals surface area contributed by atoms with Crippen molar-refractivity contribution in [2.24, 2.45) is 5.73 Å². The Morgan fingerprint density at radius 1 is 1.31 bits per heavy atom. The van der Waals surface area contributed by atoms with Gasteiger partial charge in [-0.15, -0.1) is 0 Å². The van der Waals surface area contributed by atoms with Crippen LogP contribution in [0.1, 0.15) is 46.5 Å². The van der Waals surface area contributed by atoms with Crippen LogP contribution in [0, 0.1) is 0 Å². The summed E-state index contributed by atoms with van der Waals surface area (Å²) in [7, 11) is 0. The number of nitrogens with zero attached hydrogens (tertiary/aromatic N) is 1. The summed E-state index contributed by atoms with van der Waals surface area (Å²) < 4.78 is 0. The topological polar surface area (TPSA) is 29.3 Å². The molecule has 1 fully saturated rings. The molecule has 0 aliphatic carbocycles. The SMILES string of the molecule is CC(C)(C)N1CCCCC1CCN. The summed E-state index contributed by atoms with van der Waals surface area (Å²) in [6, 6.07) is 0.735. The van der Waals surface area contributed by atoms with Gasteiger partial charge >= 0.3 is 0 Å². The van der Waals surface area contributed by atoms with Crippen molar-refractivity contribution in [1.29, 1.82) is 0 Å². The zero-order valence-electron chi connectivity index (χ0n) is 9.34. The van der Waals surface area contributed by atoms with Crippen LogP contribution in [0.15, 0.2) is 0 Å². The van der Waals surface area contributed by atoms with Crippen LogP contribution in [-0.2, 0) is 0 Å². The van der Waals surface area contributed by atoms with E-state index in [1.807, 2.05) is 0 Å². The lowest BCUT2D eigenvalue weighted by Crippen LogP contribution is -2.51. The molecule has 0 aromatic heterocycles. The number of likely N-dealkylation sites (tertiary alicyclic amines) is 1. The third kappa shape index (κ3) is 2.96. The molecular formula is C11H24N2. The summed E-state index contributed by atoms with van der Waals surface area (Å²) in [5.41, 5.74) is 5.96. The van der Waals surface area contributed by atoms with Gasteiger partial charge in [-0.05, 0) is 53.1 Å². The molecule has 0 aromatic rings. The standard InChI is InChI=1S/C11H24N2/c1-11(2,3)13-9-5-4-6-10(13)7-8-12/h10H,4-9,12H2,1-3H3. The fourth-order valence-electron chi connectivity index (χ4n) is 2.38. The lowest BCUT2D eigenvalue weighted by Gasteiger charge is -2.44. The molecule has 2 nitrogen and oxygen atoms in total. The molecule has 1 saturated heterocycles. The zero-order valence-corrected chi connectivity index (χ0v) is 9.34. The molecule has 0 aromatic carbocycles. The molecule has 2 N–H and O–H groups in total. The summed E-state index contributed by atoms with van der Waals surface area (Å²) in [5.74, 6) is 0. The van der Waals surface area contributed by atoms with Crippen LogP contribution in [0.25, 0.3) is 0 Å². The van der Waals surface area contributed by atoms with E-state index >= 15 is 0 Å². The smallest absolute Gasteiger partial charge is 0.0127 e. The molecule has 1 aliphatic rings. The highest BCUT2D eigenvalue weighted by atomic mass is 15.2. The summed E-state index contributed by atoms with van der Waals surface area (Å²) in [5, 5.41) is 0. The van der Waals surface area contributed by atoms with Gasteiger partial charge in [0.15, 0.2) is 0 Å². The van der Waals surface area contributed by atoms with Crippen molar-refractivity contribution in [3.63, 3.8) is 0 Å². The molecule has 0 radical (unpaired) electrons. The second-order valence-corrected chi connectivity index (χ2v) is 5.09. The van der Waals surface area contributed by atoms with E-state index in [1.54, 1.807) is 0 Å². The van der Waals surface area contributed by atoms with Gasteiger partial charge in [0.05, 0.1) is 0 Å². The quantitative estimate of drug-likeness (QED) is 0.711. The van der Waals surface area contributed by atoms with Gasteiger partial charge in [0.2, 0.25) is 0 Å². The highest BCUT2D eigenvalue weighted by molar-refractivity contribution is 4.86. The third-order valence-corrected chi connectivity index (χ3v) is 2.99. The Bertz CT molecular complexity index is 147. The Kier molecular flexibility index (Phi) is 3.74. The average Bonchev–Trinajstić information content (AvgIpc) is 2.04. The predicted molar refractivity (Wildman–Crippen MR) is 57.8 cm³/mol. The molecule has 13 heavy (non-hydrogen) atoms. The van der Waals surface area contributed by atoms with Crippen molar-refractivity contribution < 1.29 is 0 Å². The van der Waals surface area contributed by atoms with Crippen molar-refractivity contribution in [1.82, 2.24) is 4.90 Å². The predicted octanol–water partition coefficient (Wildman–Crippen LogP) is 1.99. The van der Waals surface area contributed by atoms with Crippen LogP contribution in [0.5, 0.6) is 0 Å². The molecule has 0 spiro atoms. The minimum atomic E-state index is 0.320. The van der Waals surface area contributed by atoms with E-state index in [-0.39, 0.29) is 0 Å². The largest absolute Gasteiger partial charge is 0.330 e. The van der Waals surface area contributed by atoms with Gasteiger partial charge < -0.3 is 5.73 Å². The summed E-state index contributed by atoms with van der Waals surface area (Å²) >= 11 is 0. The first-order chi connectivity index (χ1) is 6.05. The fraction of sp³-hybridized carbons (Fsp3) is 1.00. The number of hydrogen-bond donors (Lipinski definition) is 1. The maximum absolute atomic E-state index is 5.64. The monoisotopic (exact) mass is 184 g/mol. The van der Waals surface area contributed by atoms with Crippen LogP contribution in [0.2, 0.25) is 0 Å². The van der Waals surface area contributed by atoms with Gasteiger partial charge in [0, 0.05) is 11.6 Å². The second-order valence-electron chi connectivity index (χ2n) is 5.09.